The minimum Gasteiger partial charge on any atom is -0.370 e. The molecule has 0 radical (unpaired) electrons. The van der Waals surface area contributed by atoms with Gasteiger partial charge in [-0.15, -0.1) is 24.8 Å². The number of hydrogen-bond acceptors (Lipinski definition) is 4. The molecular weight excluding hydrogens is 399 g/mol. The lowest BCUT2D eigenvalue weighted by molar-refractivity contribution is -0.137. The van der Waals surface area contributed by atoms with Crippen LogP contribution in [0.4, 0.5) is 5.69 Å². The lowest BCUT2D eigenvalue weighted by atomic mass is 10.0. The van der Waals surface area contributed by atoms with E-state index in [-0.39, 0.29) is 48.6 Å². The van der Waals surface area contributed by atoms with Crippen LogP contribution in [0.1, 0.15) is 26.2 Å². The van der Waals surface area contributed by atoms with Crippen LogP contribution in [0.3, 0.4) is 0 Å². The molecule has 2 aliphatic heterocycles. The highest BCUT2D eigenvalue weighted by Gasteiger charge is 2.31. The Hall–Kier alpha value is -1.50. The highest BCUT2D eigenvalue weighted by molar-refractivity contribution is 5.85. The summed E-state index contributed by atoms with van der Waals surface area (Å²) in [5.74, 6) is 0.0576. The van der Waals surface area contributed by atoms with Crippen LogP contribution in [0, 0.1) is 5.92 Å². The molecule has 0 saturated carbocycles. The molecule has 0 aliphatic carbocycles. The number of benzene rings is 1. The van der Waals surface area contributed by atoms with Crippen LogP contribution < -0.4 is 10.6 Å². The molecule has 0 bridgehead atoms. The van der Waals surface area contributed by atoms with E-state index in [1.54, 1.807) is 11.8 Å². The molecule has 8 heteroatoms. The molecule has 1 aromatic rings. The number of carbonyl (C=O) groups excluding carboxylic acids is 2. The van der Waals surface area contributed by atoms with Crippen LogP contribution in [0.5, 0.6) is 0 Å². The van der Waals surface area contributed by atoms with Crippen LogP contribution in [0.15, 0.2) is 30.3 Å². The van der Waals surface area contributed by atoms with Gasteiger partial charge in [0.25, 0.3) is 0 Å². The van der Waals surface area contributed by atoms with Gasteiger partial charge < -0.3 is 20.4 Å². The second-order valence-corrected chi connectivity index (χ2v) is 7.46. The minimum absolute atomic E-state index is 0. The number of hydrogen-bond donors (Lipinski definition) is 1. The second-order valence-electron chi connectivity index (χ2n) is 7.46. The first-order chi connectivity index (χ1) is 12.5. The summed E-state index contributed by atoms with van der Waals surface area (Å²) in [5.41, 5.74) is 7.30. The normalized spacial score (nSPS) is 23.0. The number of carbonyl (C=O) groups is 2. The molecule has 0 unspecified atom stereocenters. The molecule has 1 aromatic carbocycles. The van der Waals surface area contributed by atoms with Crippen molar-refractivity contribution in [3.8, 4) is 0 Å². The van der Waals surface area contributed by atoms with Gasteiger partial charge in [-0.2, -0.15) is 0 Å². The van der Waals surface area contributed by atoms with E-state index < -0.39 is 0 Å². The van der Waals surface area contributed by atoms with Gasteiger partial charge in [0, 0.05) is 57.9 Å². The third kappa shape index (κ3) is 6.26. The number of nitrogens with two attached hydrogens (primary N) is 1. The number of halogens is 2. The number of anilines is 1. The molecule has 0 spiro atoms. The predicted octanol–water partition coefficient (Wildman–Crippen LogP) is 2.15. The lowest BCUT2D eigenvalue weighted by Gasteiger charge is -2.28. The summed E-state index contributed by atoms with van der Waals surface area (Å²) in [5, 5.41) is 0. The summed E-state index contributed by atoms with van der Waals surface area (Å²) in [6, 6.07) is 10.3. The Bertz CT molecular complexity index is 632. The maximum atomic E-state index is 13.1. The van der Waals surface area contributed by atoms with Gasteiger partial charge in [0.05, 0.1) is 5.92 Å². The fourth-order valence-corrected chi connectivity index (χ4v) is 3.97. The Labute approximate surface area is 180 Å². The predicted molar refractivity (Wildman–Crippen MR) is 117 cm³/mol. The largest absolute Gasteiger partial charge is 0.370 e. The molecule has 3 rings (SSSR count). The summed E-state index contributed by atoms with van der Waals surface area (Å²) in [6.07, 6.45) is 2.52. The zero-order valence-corrected chi connectivity index (χ0v) is 18.1. The van der Waals surface area contributed by atoms with Crippen molar-refractivity contribution in [3.05, 3.63) is 30.3 Å². The summed E-state index contributed by atoms with van der Waals surface area (Å²) < 4.78 is 0. The molecule has 2 amide bonds. The van der Waals surface area contributed by atoms with Gasteiger partial charge in [0.2, 0.25) is 11.8 Å². The minimum atomic E-state index is -0.129. The Morgan fingerprint density at radius 2 is 1.64 bits per heavy atom. The Morgan fingerprint density at radius 3 is 2.32 bits per heavy atom. The quantitative estimate of drug-likeness (QED) is 0.779. The fraction of sp³-hybridized carbons (Fsp3) is 0.600. The molecule has 0 aromatic heterocycles. The van der Waals surface area contributed by atoms with Crippen molar-refractivity contribution in [1.82, 2.24) is 9.80 Å². The first kappa shape index (κ1) is 24.5. The van der Waals surface area contributed by atoms with Crippen molar-refractivity contribution in [1.29, 1.82) is 0 Å². The second kappa shape index (κ2) is 11.5. The Kier molecular flexibility index (Phi) is 10.1. The van der Waals surface area contributed by atoms with Gasteiger partial charge in [-0.05, 0) is 31.4 Å². The van der Waals surface area contributed by atoms with E-state index in [0.29, 0.717) is 13.1 Å². The van der Waals surface area contributed by atoms with Crippen molar-refractivity contribution in [3.63, 3.8) is 0 Å². The van der Waals surface area contributed by atoms with Crippen LogP contribution in [-0.4, -0.2) is 66.9 Å². The van der Waals surface area contributed by atoms with E-state index in [0.717, 1.165) is 45.4 Å². The molecule has 2 atom stereocenters. The standard InChI is InChI=1S/C20H30N4O2.2ClH/c1-16(25)24-14-17(8-9-18(21)15-24)20(26)23-11-5-10-22(12-13-23)19-6-3-2-4-7-19;;/h2-4,6-7,17-18H,5,8-15,21H2,1H3;2*1H/t17-,18+;;/m1../s1. The number of amides is 2. The van der Waals surface area contributed by atoms with Crippen molar-refractivity contribution in [2.24, 2.45) is 11.7 Å². The number of likely N-dealkylation sites (tertiary alicyclic amines) is 1. The third-order valence-corrected chi connectivity index (χ3v) is 5.51. The average molecular weight is 431 g/mol. The molecule has 2 aliphatic rings. The van der Waals surface area contributed by atoms with Gasteiger partial charge in [-0.1, -0.05) is 18.2 Å². The molecule has 158 valence electrons. The highest BCUT2D eigenvalue weighted by atomic mass is 35.5. The van der Waals surface area contributed by atoms with Crippen LogP contribution in [0.2, 0.25) is 0 Å². The van der Waals surface area contributed by atoms with Crippen molar-refractivity contribution >= 4 is 42.3 Å². The van der Waals surface area contributed by atoms with Crippen LogP contribution >= 0.6 is 24.8 Å². The van der Waals surface area contributed by atoms with Crippen LogP contribution in [-0.2, 0) is 9.59 Å². The van der Waals surface area contributed by atoms with Gasteiger partial charge >= 0.3 is 0 Å². The monoisotopic (exact) mass is 430 g/mol. The Balaban J connectivity index is 0.00000196. The van der Waals surface area contributed by atoms with Gasteiger partial charge in [0.1, 0.15) is 0 Å². The number of rotatable bonds is 2. The van der Waals surface area contributed by atoms with E-state index in [1.807, 2.05) is 23.1 Å². The molecular formula is C20H32Cl2N4O2. The maximum absolute atomic E-state index is 13.1. The van der Waals surface area contributed by atoms with E-state index in [9.17, 15) is 9.59 Å². The molecule has 2 heterocycles. The summed E-state index contributed by atoms with van der Waals surface area (Å²) in [7, 11) is 0. The highest BCUT2D eigenvalue weighted by Crippen LogP contribution is 2.21. The molecule has 28 heavy (non-hydrogen) atoms. The third-order valence-electron chi connectivity index (χ3n) is 5.51. The number of para-hydroxylation sites is 1. The van der Waals surface area contributed by atoms with E-state index in [2.05, 4.69) is 17.0 Å². The van der Waals surface area contributed by atoms with Crippen LogP contribution in [0.25, 0.3) is 0 Å². The first-order valence-electron chi connectivity index (χ1n) is 9.64. The van der Waals surface area contributed by atoms with E-state index in [1.165, 1.54) is 5.69 Å². The molecule has 2 saturated heterocycles. The van der Waals surface area contributed by atoms with Crippen molar-refractivity contribution < 1.29 is 9.59 Å². The summed E-state index contributed by atoms with van der Waals surface area (Å²) >= 11 is 0. The van der Waals surface area contributed by atoms with Gasteiger partial charge in [-0.25, -0.2) is 0 Å². The average Bonchev–Trinajstić information content (AvgIpc) is 3.00. The van der Waals surface area contributed by atoms with E-state index in [4.69, 9.17) is 5.73 Å². The fourth-order valence-electron chi connectivity index (χ4n) is 3.97. The van der Waals surface area contributed by atoms with E-state index >= 15 is 0 Å². The van der Waals surface area contributed by atoms with Gasteiger partial charge in [0.15, 0.2) is 0 Å². The Morgan fingerprint density at radius 1 is 0.929 bits per heavy atom. The molecule has 6 nitrogen and oxygen atoms in total. The zero-order chi connectivity index (χ0) is 18.5. The topological polar surface area (TPSA) is 69.9 Å². The lowest BCUT2D eigenvalue weighted by Crippen LogP contribution is -2.44. The molecule has 2 N–H and O–H groups in total. The van der Waals surface area contributed by atoms with Gasteiger partial charge in [-0.3, -0.25) is 9.59 Å². The smallest absolute Gasteiger partial charge is 0.227 e. The SMILES string of the molecule is CC(=O)N1C[C@@H](N)CC[C@@H](C(=O)N2CCCN(c3ccccc3)CC2)C1.Cl.Cl. The summed E-state index contributed by atoms with van der Waals surface area (Å²) in [4.78, 5) is 31.0. The number of nitrogens with zero attached hydrogens (tertiary/aromatic N) is 3. The zero-order valence-electron chi connectivity index (χ0n) is 16.5. The maximum Gasteiger partial charge on any atom is 0.227 e. The molecule has 2 fully saturated rings. The van der Waals surface area contributed by atoms with Crippen molar-refractivity contribution in [2.75, 3.05) is 44.2 Å². The summed E-state index contributed by atoms with van der Waals surface area (Å²) in [6.45, 7) is 5.94. The first-order valence-corrected chi connectivity index (χ1v) is 9.64. The van der Waals surface area contributed by atoms with Crippen molar-refractivity contribution in [2.45, 2.75) is 32.2 Å².